The van der Waals surface area contributed by atoms with E-state index in [-0.39, 0.29) is 24.1 Å². The Morgan fingerprint density at radius 3 is 2.42 bits per heavy atom. The number of benzene rings is 2. The molecule has 0 radical (unpaired) electrons. The number of amides is 1. The van der Waals surface area contributed by atoms with E-state index in [2.05, 4.69) is 27.2 Å². The lowest BCUT2D eigenvalue weighted by Crippen LogP contribution is -2.40. The van der Waals surface area contributed by atoms with Crippen LogP contribution >= 0.6 is 0 Å². The van der Waals surface area contributed by atoms with Crippen molar-refractivity contribution in [3.8, 4) is 5.75 Å². The first-order valence-electron chi connectivity index (χ1n) is 10.0. The fourth-order valence-corrected chi connectivity index (χ4v) is 3.55. The monoisotopic (exact) mass is 434 g/mol. The molecule has 1 fully saturated rings. The number of carbonyl (C=O) groups excluding carboxylic acids is 1. The molecule has 166 valence electrons. The third-order valence-electron chi connectivity index (χ3n) is 5.09. The number of nitrogens with zero attached hydrogens (tertiary/aromatic N) is 2. The number of anilines is 1. The second-order valence-corrected chi connectivity index (χ2v) is 7.38. The van der Waals surface area contributed by atoms with E-state index in [1.807, 2.05) is 18.2 Å². The number of carbonyl (C=O) groups is 1. The smallest absolute Gasteiger partial charge is 0.404 e. The van der Waals surface area contributed by atoms with Crippen molar-refractivity contribution < 1.29 is 22.7 Å². The van der Waals surface area contributed by atoms with E-state index in [0.29, 0.717) is 19.0 Å². The summed E-state index contributed by atoms with van der Waals surface area (Å²) < 4.78 is 41.5. The highest BCUT2D eigenvalue weighted by molar-refractivity contribution is 5.95. The van der Waals surface area contributed by atoms with Crippen molar-refractivity contribution in [3.05, 3.63) is 60.2 Å². The van der Waals surface area contributed by atoms with Crippen LogP contribution in [0.4, 0.5) is 18.9 Å². The highest BCUT2D eigenvalue weighted by Crippen LogP contribution is 2.29. The van der Waals surface area contributed by atoms with Crippen molar-refractivity contribution >= 4 is 17.6 Å². The number of hydrogen-bond donors (Lipinski definition) is 2. The number of alkyl halides is 3. The number of nitrogens with one attached hydrogen (secondary N) is 1. The normalized spacial score (nSPS) is 15.6. The maximum atomic E-state index is 12.5. The summed E-state index contributed by atoms with van der Waals surface area (Å²) in [7, 11) is 0. The van der Waals surface area contributed by atoms with Crippen LogP contribution in [0.25, 0.3) is 0 Å². The molecule has 1 amide bonds. The molecule has 0 aliphatic carbocycles. The number of nitrogens with two attached hydrogens (primary N) is 1. The van der Waals surface area contributed by atoms with Crippen molar-refractivity contribution in [1.29, 1.82) is 0 Å². The minimum atomic E-state index is -4.83. The molecular formula is C22H25F3N4O2. The van der Waals surface area contributed by atoms with Gasteiger partial charge in [0.1, 0.15) is 6.54 Å². The van der Waals surface area contributed by atoms with Crippen LogP contribution in [0.1, 0.15) is 18.4 Å². The van der Waals surface area contributed by atoms with Crippen LogP contribution in [0.3, 0.4) is 0 Å². The number of likely N-dealkylation sites (tertiary alicyclic amines) is 1. The van der Waals surface area contributed by atoms with Crippen molar-refractivity contribution in [2.24, 2.45) is 16.6 Å². The van der Waals surface area contributed by atoms with Crippen LogP contribution in [-0.4, -0.2) is 42.8 Å². The summed E-state index contributed by atoms with van der Waals surface area (Å²) in [5.41, 5.74) is 7.06. The topological polar surface area (TPSA) is 80.0 Å². The Morgan fingerprint density at radius 2 is 1.74 bits per heavy atom. The van der Waals surface area contributed by atoms with Gasteiger partial charge in [-0.1, -0.05) is 42.5 Å². The lowest BCUT2D eigenvalue weighted by atomic mass is 9.90. The second-order valence-electron chi connectivity index (χ2n) is 7.38. The number of rotatable bonds is 6. The van der Waals surface area contributed by atoms with Gasteiger partial charge in [-0.05, 0) is 42.9 Å². The Bertz CT molecular complexity index is 895. The molecule has 31 heavy (non-hydrogen) atoms. The number of halogens is 3. The van der Waals surface area contributed by atoms with Gasteiger partial charge in [-0.25, -0.2) is 4.99 Å². The van der Waals surface area contributed by atoms with Crippen molar-refractivity contribution in [1.82, 2.24) is 4.90 Å². The van der Waals surface area contributed by atoms with Crippen LogP contribution in [0.15, 0.2) is 59.6 Å². The van der Waals surface area contributed by atoms with Gasteiger partial charge in [0.05, 0.1) is 5.69 Å². The van der Waals surface area contributed by atoms with Crippen LogP contribution < -0.4 is 15.8 Å². The lowest BCUT2D eigenvalue weighted by Gasteiger charge is -2.31. The average molecular weight is 434 g/mol. The Labute approximate surface area is 178 Å². The Hall–Kier alpha value is -3.23. The minimum Gasteiger partial charge on any atom is -0.404 e. The Morgan fingerprint density at radius 1 is 1.10 bits per heavy atom. The van der Waals surface area contributed by atoms with Crippen LogP contribution in [-0.2, 0) is 11.2 Å². The number of aliphatic imine (C=N–C) groups is 1. The maximum Gasteiger partial charge on any atom is 0.573 e. The fraction of sp³-hybridized carbons (Fsp3) is 0.364. The third kappa shape index (κ3) is 7.20. The van der Waals surface area contributed by atoms with Crippen LogP contribution in [0, 0.1) is 5.92 Å². The molecule has 1 aliphatic heterocycles. The molecule has 2 aromatic carbocycles. The van der Waals surface area contributed by atoms with E-state index < -0.39 is 12.1 Å². The molecule has 0 aromatic heterocycles. The SMILES string of the molecule is NC(=NCC(=O)N1CCC(Cc2ccccc2)CC1)Nc1ccccc1OC(F)(F)F. The summed E-state index contributed by atoms with van der Waals surface area (Å²) in [4.78, 5) is 18.2. The molecule has 0 unspecified atom stereocenters. The summed E-state index contributed by atoms with van der Waals surface area (Å²) in [5.74, 6) is -0.222. The Balaban J connectivity index is 1.48. The number of hydrogen-bond acceptors (Lipinski definition) is 3. The number of para-hydroxylation sites is 2. The molecule has 1 heterocycles. The van der Waals surface area contributed by atoms with Crippen molar-refractivity contribution in [3.63, 3.8) is 0 Å². The zero-order chi connectivity index (χ0) is 22.3. The summed E-state index contributed by atoms with van der Waals surface area (Å²) in [6.07, 6.45) is -2.00. The predicted octanol–water partition coefficient (Wildman–Crippen LogP) is 3.79. The standard InChI is InChI=1S/C22H25F3N4O2/c23-22(24,25)31-19-9-5-4-8-18(19)28-21(26)27-15-20(30)29-12-10-17(11-13-29)14-16-6-2-1-3-7-16/h1-9,17H,10-15H2,(H3,26,27,28). The van der Waals surface area contributed by atoms with Crippen molar-refractivity contribution in [2.45, 2.75) is 25.6 Å². The molecular weight excluding hydrogens is 409 g/mol. The second kappa shape index (κ2) is 10.2. The first-order chi connectivity index (χ1) is 14.8. The molecule has 0 bridgehead atoms. The molecule has 0 saturated carbocycles. The van der Waals surface area contributed by atoms with Gasteiger partial charge < -0.3 is 20.7 Å². The van der Waals surface area contributed by atoms with Gasteiger partial charge in [-0.3, -0.25) is 4.79 Å². The highest BCUT2D eigenvalue weighted by atomic mass is 19.4. The van der Waals surface area contributed by atoms with Gasteiger partial charge in [0.25, 0.3) is 0 Å². The quantitative estimate of drug-likeness (QED) is 0.536. The molecule has 3 rings (SSSR count). The molecule has 1 saturated heterocycles. The van der Waals surface area contributed by atoms with Crippen molar-refractivity contribution in [2.75, 3.05) is 25.0 Å². The molecule has 2 aromatic rings. The Kier molecular flexibility index (Phi) is 7.38. The van der Waals surface area contributed by atoms with Gasteiger partial charge in [-0.15, -0.1) is 13.2 Å². The van der Waals surface area contributed by atoms with Gasteiger partial charge in [-0.2, -0.15) is 0 Å². The first kappa shape index (κ1) is 22.5. The number of guanidine groups is 1. The van der Waals surface area contributed by atoms with Gasteiger partial charge in [0, 0.05) is 13.1 Å². The fourth-order valence-electron chi connectivity index (χ4n) is 3.55. The molecule has 3 N–H and O–H groups in total. The maximum absolute atomic E-state index is 12.5. The lowest BCUT2D eigenvalue weighted by molar-refractivity contribution is -0.274. The van der Waals surface area contributed by atoms with Gasteiger partial charge in [0.2, 0.25) is 5.91 Å². The van der Waals surface area contributed by atoms with E-state index >= 15 is 0 Å². The van der Waals surface area contributed by atoms with E-state index in [1.54, 1.807) is 4.90 Å². The van der Waals surface area contributed by atoms with E-state index in [1.165, 1.54) is 23.8 Å². The number of ether oxygens (including phenoxy) is 1. The minimum absolute atomic E-state index is 0.00949. The zero-order valence-electron chi connectivity index (χ0n) is 16.9. The number of piperidine rings is 1. The summed E-state index contributed by atoms with van der Waals surface area (Å²) in [5, 5.41) is 2.56. The van der Waals surface area contributed by atoms with Gasteiger partial charge in [0.15, 0.2) is 11.7 Å². The summed E-state index contributed by atoms with van der Waals surface area (Å²) >= 11 is 0. The molecule has 6 nitrogen and oxygen atoms in total. The van der Waals surface area contributed by atoms with E-state index in [9.17, 15) is 18.0 Å². The summed E-state index contributed by atoms with van der Waals surface area (Å²) in [6, 6.07) is 15.7. The highest BCUT2D eigenvalue weighted by Gasteiger charge is 2.32. The van der Waals surface area contributed by atoms with E-state index in [4.69, 9.17) is 5.73 Å². The molecule has 1 aliphatic rings. The third-order valence-corrected chi connectivity index (χ3v) is 5.09. The van der Waals surface area contributed by atoms with Gasteiger partial charge >= 0.3 is 6.36 Å². The largest absolute Gasteiger partial charge is 0.573 e. The molecule has 9 heteroatoms. The molecule has 0 atom stereocenters. The molecule has 0 spiro atoms. The summed E-state index contributed by atoms with van der Waals surface area (Å²) in [6.45, 7) is 1.13. The van der Waals surface area contributed by atoms with Crippen LogP contribution in [0.5, 0.6) is 5.75 Å². The first-order valence-corrected chi connectivity index (χ1v) is 10.0. The predicted molar refractivity (Wildman–Crippen MR) is 113 cm³/mol. The van der Waals surface area contributed by atoms with Crippen LogP contribution in [0.2, 0.25) is 0 Å². The average Bonchev–Trinajstić information content (AvgIpc) is 2.74. The zero-order valence-corrected chi connectivity index (χ0v) is 16.9. The van der Waals surface area contributed by atoms with E-state index in [0.717, 1.165) is 25.3 Å².